The summed E-state index contributed by atoms with van der Waals surface area (Å²) in [6.45, 7) is 11.0. The van der Waals surface area contributed by atoms with Gasteiger partial charge in [-0.3, -0.25) is 9.80 Å². The topological polar surface area (TPSA) is 46.9 Å². The molecule has 180 valence electrons. The minimum Gasteiger partial charge on any atom is -0.504 e. The summed E-state index contributed by atoms with van der Waals surface area (Å²) in [6, 6.07) is 7.81. The Hall–Kier alpha value is -0.620. The van der Waals surface area contributed by atoms with Gasteiger partial charge in [0.2, 0.25) is 0 Å². The van der Waals surface area contributed by atoms with E-state index >= 15 is 0 Å². The Bertz CT molecular complexity index is 784. The average Bonchev–Trinajstić information content (AvgIpc) is 2.66. The van der Waals surface area contributed by atoms with Crippen LogP contribution in [0, 0.1) is 0 Å². The molecule has 0 fully saturated rings. The zero-order valence-corrected chi connectivity index (χ0v) is 22.2. The highest BCUT2D eigenvalue weighted by molar-refractivity contribution is 6.21. The number of aromatic hydroxyl groups is 2. The van der Waals surface area contributed by atoms with E-state index in [0.717, 1.165) is 10.8 Å². The Labute approximate surface area is 212 Å². The zero-order valence-electron chi connectivity index (χ0n) is 19.2. The lowest BCUT2D eigenvalue weighted by Crippen LogP contribution is -2.33. The molecule has 2 aromatic rings. The van der Waals surface area contributed by atoms with Crippen LogP contribution in [0.2, 0.25) is 0 Å². The molecule has 4 atom stereocenters. The van der Waals surface area contributed by atoms with Gasteiger partial charge in [0, 0.05) is 71.9 Å². The number of phenols is 2. The van der Waals surface area contributed by atoms with E-state index < -0.39 is 0 Å². The van der Waals surface area contributed by atoms with E-state index in [-0.39, 0.29) is 33.0 Å². The van der Waals surface area contributed by atoms with Crippen LogP contribution in [0.3, 0.4) is 0 Å². The van der Waals surface area contributed by atoms with E-state index in [1.54, 1.807) is 0 Å². The number of hydrogen-bond acceptors (Lipinski definition) is 4. The first-order chi connectivity index (χ1) is 15.0. The molecule has 2 aromatic carbocycles. The lowest BCUT2D eigenvalue weighted by molar-refractivity contribution is 0.261. The summed E-state index contributed by atoms with van der Waals surface area (Å²) in [5.74, 6) is -0.211. The predicted molar refractivity (Wildman–Crippen MR) is 139 cm³/mol. The van der Waals surface area contributed by atoms with Crippen molar-refractivity contribution in [3.8, 4) is 11.5 Å². The third-order valence-electron chi connectivity index (χ3n) is 5.18. The van der Waals surface area contributed by atoms with Crippen molar-refractivity contribution in [3.63, 3.8) is 0 Å². The van der Waals surface area contributed by atoms with Crippen molar-refractivity contribution in [1.82, 2.24) is 9.80 Å². The first-order valence-corrected chi connectivity index (χ1v) is 12.7. The summed E-state index contributed by atoms with van der Waals surface area (Å²) in [5.41, 5.74) is 1.33. The quantitative estimate of drug-likeness (QED) is 0.251. The third-order valence-corrected chi connectivity index (χ3v) is 5.73. The van der Waals surface area contributed by atoms with Crippen LogP contribution in [0.5, 0.6) is 11.5 Å². The average molecular weight is 524 g/mol. The van der Waals surface area contributed by atoms with Gasteiger partial charge in [-0.15, -0.1) is 46.4 Å². The Morgan fingerprint density at radius 1 is 0.625 bits per heavy atom. The molecule has 0 aromatic heterocycles. The highest BCUT2D eigenvalue weighted by atomic mass is 35.5. The number of phenolic OH excluding ortho intramolecular Hbond substituents is 2. The fourth-order valence-electron chi connectivity index (χ4n) is 4.15. The molecule has 0 aliphatic heterocycles. The van der Waals surface area contributed by atoms with Gasteiger partial charge >= 0.3 is 0 Å². The molecule has 0 amide bonds. The predicted octanol–water partition coefficient (Wildman–Crippen LogP) is 6.36. The first kappa shape index (κ1) is 27.6. The maximum atomic E-state index is 11.1. The summed E-state index contributed by atoms with van der Waals surface area (Å²) < 4.78 is 0. The molecular weight excluding hydrogens is 490 g/mol. The SMILES string of the molecule is CC(Cl)CN(Cc1c(O)c(O)c(CN(CC(C)Cl)CC(C)Cl)c2ccccc12)CC(C)Cl. The summed E-state index contributed by atoms with van der Waals surface area (Å²) in [7, 11) is 0. The number of nitrogens with zero attached hydrogens (tertiary/aromatic N) is 2. The summed E-state index contributed by atoms with van der Waals surface area (Å²) in [6.07, 6.45) is 0. The number of benzene rings is 2. The maximum absolute atomic E-state index is 11.1. The number of hydrogen-bond donors (Lipinski definition) is 2. The normalized spacial score (nSPS) is 15.9. The van der Waals surface area contributed by atoms with Gasteiger partial charge in [-0.1, -0.05) is 24.3 Å². The standard InChI is InChI=1S/C24H34Cl4N2O2/c1-15(25)9-29(10-16(2)26)13-21-19-7-5-6-8-20(19)22(24(32)23(21)31)14-30(11-17(3)27)12-18(4)28/h5-8,15-18,31-32H,9-14H2,1-4H3. The van der Waals surface area contributed by atoms with E-state index in [1.165, 1.54) is 0 Å². The van der Waals surface area contributed by atoms with E-state index in [4.69, 9.17) is 46.4 Å². The first-order valence-electron chi connectivity index (χ1n) is 10.9. The zero-order chi connectivity index (χ0) is 24.0. The van der Waals surface area contributed by atoms with Crippen molar-refractivity contribution in [1.29, 1.82) is 0 Å². The Kier molecular flexibility index (Phi) is 11.0. The fourth-order valence-corrected chi connectivity index (χ4v) is 4.93. The van der Waals surface area contributed by atoms with E-state index in [9.17, 15) is 10.2 Å². The monoisotopic (exact) mass is 522 g/mol. The third kappa shape index (κ3) is 8.00. The molecule has 0 bridgehead atoms. The van der Waals surface area contributed by atoms with Gasteiger partial charge < -0.3 is 10.2 Å². The van der Waals surface area contributed by atoms with Crippen molar-refractivity contribution in [2.24, 2.45) is 0 Å². The van der Waals surface area contributed by atoms with Gasteiger partial charge in [-0.05, 0) is 38.5 Å². The van der Waals surface area contributed by atoms with Crippen molar-refractivity contribution in [2.45, 2.75) is 62.3 Å². The van der Waals surface area contributed by atoms with Crippen molar-refractivity contribution >= 4 is 57.2 Å². The van der Waals surface area contributed by atoms with Crippen molar-refractivity contribution in [3.05, 3.63) is 35.4 Å². The lowest BCUT2D eigenvalue weighted by atomic mass is 9.96. The molecule has 8 heteroatoms. The second-order valence-electron chi connectivity index (χ2n) is 8.71. The van der Waals surface area contributed by atoms with Crippen molar-refractivity contribution in [2.75, 3.05) is 26.2 Å². The minimum absolute atomic E-state index is 0.0738. The fraction of sp³-hybridized carbons (Fsp3) is 0.583. The molecule has 4 nitrogen and oxygen atoms in total. The molecule has 0 spiro atoms. The van der Waals surface area contributed by atoms with Crippen LogP contribution in [0.25, 0.3) is 10.8 Å². The van der Waals surface area contributed by atoms with Crippen LogP contribution in [-0.2, 0) is 13.1 Å². The highest BCUT2D eigenvalue weighted by Crippen LogP contribution is 2.41. The van der Waals surface area contributed by atoms with Crippen LogP contribution < -0.4 is 0 Å². The van der Waals surface area contributed by atoms with Crippen LogP contribution in [0.15, 0.2) is 24.3 Å². The van der Waals surface area contributed by atoms with E-state index in [1.807, 2.05) is 52.0 Å². The van der Waals surface area contributed by atoms with Gasteiger partial charge in [0.05, 0.1) is 0 Å². The maximum Gasteiger partial charge on any atom is 0.162 e. The molecular formula is C24H34Cl4N2O2. The summed E-state index contributed by atoms with van der Waals surface area (Å²) in [5, 5.41) is 23.6. The Morgan fingerprint density at radius 2 is 0.906 bits per heavy atom. The van der Waals surface area contributed by atoms with Gasteiger partial charge in [0.15, 0.2) is 11.5 Å². The second kappa shape index (κ2) is 12.7. The molecule has 0 heterocycles. The van der Waals surface area contributed by atoms with Crippen LogP contribution >= 0.6 is 46.4 Å². The van der Waals surface area contributed by atoms with Gasteiger partial charge in [-0.2, -0.15) is 0 Å². The van der Waals surface area contributed by atoms with Crippen LogP contribution in [-0.4, -0.2) is 67.7 Å². The number of rotatable bonds is 12. The van der Waals surface area contributed by atoms with Crippen LogP contribution in [0.1, 0.15) is 38.8 Å². The molecule has 0 saturated carbocycles. The Balaban J connectivity index is 2.52. The minimum atomic E-state index is -0.106. The number of halogens is 4. The number of alkyl halides is 4. The van der Waals surface area contributed by atoms with Gasteiger partial charge in [0.25, 0.3) is 0 Å². The van der Waals surface area contributed by atoms with Crippen molar-refractivity contribution < 1.29 is 10.2 Å². The summed E-state index contributed by atoms with van der Waals surface area (Å²) in [4.78, 5) is 4.21. The summed E-state index contributed by atoms with van der Waals surface area (Å²) >= 11 is 25.0. The smallest absolute Gasteiger partial charge is 0.162 e. The van der Waals surface area contributed by atoms with Gasteiger partial charge in [-0.25, -0.2) is 0 Å². The number of fused-ring (bicyclic) bond motifs is 1. The van der Waals surface area contributed by atoms with Crippen LogP contribution in [0.4, 0.5) is 0 Å². The second-order valence-corrected chi connectivity index (χ2v) is 11.7. The van der Waals surface area contributed by atoms with E-state index in [0.29, 0.717) is 50.4 Å². The lowest BCUT2D eigenvalue weighted by Gasteiger charge is -2.28. The molecule has 0 aliphatic rings. The molecule has 2 N–H and O–H groups in total. The largest absolute Gasteiger partial charge is 0.504 e. The highest BCUT2D eigenvalue weighted by Gasteiger charge is 2.23. The molecule has 4 unspecified atom stereocenters. The molecule has 32 heavy (non-hydrogen) atoms. The molecule has 0 aliphatic carbocycles. The Morgan fingerprint density at radius 3 is 1.16 bits per heavy atom. The molecule has 2 rings (SSSR count). The molecule has 0 radical (unpaired) electrons. The molecule has 0 saturated heterocycles. The van der Waals surface area contributed by atoms with E-state index in [2.05, 4.69) is 9.80 Å². The van der Waals surface area contributed by atoms with Gasteiger partial charge in [0.1, 0.15) is 0 Å².